The van der Waals surface area contributed by atoms with Crippen LogP contribution in [0.2, 0.25) is 0 Å². The number of aromatic nitrogens is 2. The molecule has 0 aromatic carbocycles. The Hall–Kier alpha value is -1.43. The lowest BCUT2D eigenvalue weighted by molar-refractivity contribution is 0.0950. The van der Waals surface area contributed by atoms with E-state index in [0.717, 1.165) is 0 Å². The molecule has 0 spiro atoms. The molecule has 1 rings (SSSR count). The van der Waals surface area contributed by atoms with Crippen molar-refractivity contribution in [3.8, 4) is 0 Å². The first-order valence-corrected chi connectivity index (χ1v) is 4.27. The Morgan fingerprint density at radius 2 is 2.29 bits per heavy atom. The van der Waals surface area contributed by atoms with Crippen LogP contribution in [0.5, 0.6) is 0 Å². The predicted octanol–water partition coefficient (Wildman–Crippen LogP) is -0.334. The van der Waals surface area contributed by atoms with Crippen molar-refractivity contribution in [2.75, 3.05) is 13.6 Å². The Balaban J connectivity index is 2.93. The molecule has 0 aliphatic carbocycles. The third-order valence-corrected chi connectivity index (χ3v) is 1.95. The number of nitrogens with two attached hydrogens (primary N) is 1. The molecule has 0 radical (unpaired) electrons. The smallest absolute Gasteiger partial charge is 0.292 e. The van der Waals surface area contributed by atoms with Crippen LogP contribution in [0.15, 0.2) is 4.52 Å². The Kier molecular flexibility index (Phi) is 2.85. The van der Waals surface area contributed by atoms with Gasteiger partial charge in [-0.05, 0) is 13.8 Å². The average Bonchev–Trinajstić information content (AvgIpc) is 2.66. The summed E-state index contributed by atoms with van der Waals surface area (Å²) >= 11 is 0. The summed E-state index contributed by atoms with van der Waals surface area (Å²) in [5.41, 5.74) is 5.12. The molecule has 0 aliphatic rings. The van der Waals surface area contributed by atoms with Crippen molar-refractivity contribution in [3.05, 3.63) is 11.7 Å². The Morgan fingerprint density at radius 1 is 1.64 bits per heavy atom. The van der Waals surface area contributed by atoms with Crippen molar-refractivity contribution in [2.45, 2.75) is 19.3 Å². The highest BCUT2D eigenvalue weighted by Crippen LogP contribution is 2.19. The summed E-state index contributed by atoms with van der Waals surface area (Å²) in [6, 6.07) is 0. The number of amides is 1. The molecule has 6 nitrogen and oxygen atoms in total. The minimum atomic E-state index is -0.404. The molecule has 0 saturated heterocycles. The predicted molar refractivity (Wildman–Crippen MR) is 49.8 cm³/mol. The van der Waals surface area contributed by atoms with E-state index >= 15 is 0 Å². The first-order valence-electron chi connectivity index (χ1n) is 4.27. The zero-order valence-corrected chi connectivity index (χ0v) is 8.50. The second-order valence-corrected chi connectivity index (χ2v) is 3.59. The summed E-state index contributed by atoms with van der Waals surface area (Å²) in [7, 11) is 1.51. The lowest BCUT2D eigenvalue weighted by Gasteiger charge is -2.15. The van der Waals surface area contributed by atoms with Crippen molar-refractivity contribution in [3.63, 3.8) is 0 Å². The highest BCUT2D eigenvalue weighted by molar-refractivity contribution is 5.89. The van der Waals surface area contributed by atoms with Gasteiger partial charge in [0.25, 0.3) is 11.7 Å². The van der Waals surface area contributed by atoms with Crippen molar-refractivity contribution in [1.82, 2.24) is 15.5 Å². The average molecular weight is 198 g/mol. The number of carbonyl (C=O) groups excluding carboxylic acids is 1. The van der Waals surface area contributed by atoms with Gasteiger partial charge in [0.05, 0.1) is 5.41 Å². The molecule has 3 N–H and O–H groups in total. The molecule has 1 aromatic rings. The van der Waals surface area contributed by atoms with Gasteiger partial charge in [-0.3, -0.25) is 4.79 Å². The molecule has 1 amide bonds. The maximum atomic E-state index is 11.1. The molecular formula is C8H14N4O2. The van der Waals surface area contributed by atoms with Crippen molar-refractivity contribution >= 4 is 5.91 Å². The van der Waals surface area contributed by atoms with E-state index in [-0.39, 0.29) is 11.7 Å². The van der Waals surface area contributed by atoms with Crippen LogP contribution in [0.25, 0.3) is 0 Å². The van der Waals surface area contributed by atoms with Crippen LogP contribution in [-0.4, -0.2) is 29.6 Å². The Labute approximate surface area is 81.9 Å². The molecule has 0 bridgehead atoms. The van der Waals surface area contributed by atoms with E-state index in [1.807, 2.05) is 13.8 Å². The van der Waals surface area contributed by atoms with E-state index in [1.54, 1.807) is 0 Å². The Bertz CT molecular complexity index is 332. The van der Waals surface area contributed by atoms with Crippen LogP contribution in [0.1, 0.15) is 30.4 Å². The lowest BCUT2D eigenvalue weighted by Crippen LogP contribution is -2.28. The van der Waals surface area contributed by atoms with Crippen LogP contribution in [-0.2, 0) is 5.41 Å². The van der Waals surface area contributed by atoms with Gasteiger partial charge in [0.1, 0.15) is 0 Å². The molecule has 1 aromatic heterocycles. The number of rotatable bonds is 3. The zero-order valence-electron chi connectivity index (χ0n) is 8.50. The van der Waals surface area contributed by atoms with Gasteiger partial charge in [-0.1, -0.05) is 5.16 Å². The maximum absolute atomic E-state index is 11.1. The second kappa shape index (κ2) is 3.75. The van der Waals surface area contributed by atoms with Crippen LogP contribution in [0.3, 0.4) is 0 Å². The van der Waals surface area contributed by atoms with Gasteiger partial charge in [-0.2, -0.15) is 4.98 Å². The lowest BCUT2D eigenvalue weighted by atomic mass is 9.94. The van der Waals surface area contributed by atoms with Crippen molar-refractivity contribution < 1.29 is 9.32 Å². The molecule has 78 valence electrons. The van der Waals surface area contributed by atoms with E-state index in [0.29, 0.717) is 12.4 Å². The third kappa shape index (κ3) is 1.90. The topological polar surface area (TPSA) is 94.0 Å². The fraction of sp³-hybridized carbons (Fsp3) is 0.625. The SMILES string of the molecule is CNC(=O)c1noc(C(C)(C)CN)n1. The van der Waals surface area contributed by atoms with E-state index in [9.17, 15) is 4.79 Å². The third-order valence-electron chi connectivity index (χ3n) is 1.95. The van der Waals surface area contributed by atoms with E-state index in [4.69, 9.17) is 10.3 Å². The largest absolute Gasteiger partial charge is 0.352 e. The summed E-state index contributed by atoms with van der Waals surface area (Å²) in [6.45, 7) is 4.12. The van der Waals surface area contributed by atoms with Gasteiger partial charge >= 0.3 is 0 Å². The number of carbonyl (C=O) groups is 1. The summed E-state index contributed by atoms with van der Waals surface area (Å²) < 4.78 is 4.94. The second-order valence-electron chi connectivity index (χ2n) is 3.59. The zero-order chi connectivity index (χ0) is 10.8. The molecule has 0 atom stereocenters. The number of hydrogen-bond acceptors (Lipinski definition) is 5. The minimum absolute atomic E-state index is 0.0315. The molecule has 0 aliphatic heterocycles. The van der Waals surface area contributed by atoms with Crippen LogP contribution >= 0.6 is 0 Å². The molecule has 0 fully saturated rings. The summed E-state index contributed by atoms with van der Waals surface area (Å²) in [5.74, 6) is 0.0375. The van der Waals surface area contributed by atoms with E-state index in [2.05, 4.69) is 15.5 Å². The van der Waals surface area contributed by atoms with E-state index in [1.165, 1.54) is 7.05 Å². The molecule has 0 saturated carbocycles. The fourth-order valence-corrected chi connectivity index (χ4v) is 0.790. The summed E-state index contributed by atoms with van der Waals surface area (Å²) in [6.07, 6.45) is 0. The number of nitrogens with zero attached hydrogens (tertiary/aromatic N) is 2. The maximum Gasteiger partial charge on any atom is 0.292 e. The van der Waals surface area contributed by atoms with Crippen molar-refractivity contribution in [1.29, 1.82) is 0 Å². The first-order chi connectivity index (χ1) is 6.51. The van der Waals surface area contributed by atoms with Crippen LogP contribution < -0.4 is 11.1 Å². The van der Waals surface area contributed by atoms with Crippen molar-refractivity contribution in [2.24, 2.45) is 5.73 Å². The van der Waals surface area contributed by atoms with Gasteiger partial charge in [0.15, 0.2) is 0 Å². The standard InChI is InChI=1S/C8H14N4O2/c1-8(2,4-9)7-11-5(12-14-7)6(13)10-3/h4,9H2,1-3H3,(H,10,13). The van der Waals surface area contributed by atoms with E-state index < -0.39 is 5.41 Å². The van der Waals surface area contributed by atoms with Crippen LogP contribution in [0.4, 0.5) is 0 Å². The minimum Gasteiger partial charge on any atom is -0.352 e. The Morgan fingerprint density at radius 3 is 2.79 bits per heavy atom. The molecule has 14 heavy (non-hydrogen) atoms. The van der Waals surface area contributed by atoms with Gasteiger partial charge in [0, 0.05) is 13.6 Å². The van der Waals surface area contributed by atoms with Gasteiger partial charge in [0.2, 0.25) is 5.89 Å². The van der Waals surface area contributed by atoms with Crippen LogP contribution in [0, 0.1) is 0 Å². The normalized spacial score (nSPS) is 11.4. The number of nitrogens with one attached hydrogen (secondary N) is 1. The first kappa shape index (κ1) is 10.6. The monoisotopic (exact) mass is 198 g/mol. The summed E-state index contributed by atoms with van der Waals surface area (Å²) in [4.78, 5) is 15.1. The molecule has 6 heteroatoms. The fourth-order valence-electron chi connectivity index (χ4n) is 0.790. The molecule has 1 heterocycles. The highest BCUT2D eigenvalue weighted by Gasteiger charge is 2.27. The summed E-state index contributed by atoms with van der Waals surface area (Å²) in [5, 5.41) is 5.96. The molecule has 0 unspecified atom stereocenters. The van der Waals surface area contributed by atoms with Gasteiger partial charge in [-0.15, -0.1) is 0 Å². The van der Waals surface area contributed by atoms with Gasteiger partial charge < -0.3 is 15.6 Å². The number of hydrogen-bond donors (Lipinski definition) is 2. The highest BCUT2D eigenvalue weighted by atomic mass is 16.5. The molecular weight excluding hydrogens is 184 g/mol. The van der Waals surface area contributed by atoms with Gasteiger partial charge in [-0.25, -0.2) is 0 Å². The quantitative estimate of drug-likeness (QED) is 0.693.